The molecule has 0 atom stereocenters. The highest BCUT2D eigenvalue weighted by Crippen LogP contribution is 2.03. The number of allylic oxidation sites excluding steroid dienone is 1. The average Bonchev–Trinajstić information content (AvgIpc) is 1.88. The largest absolute Gasteiger partial charge is 0.0952 e. The molecule has 1 aromatic rings. The van der Waals surface area contributed by atoms with Gasteiger partial charge in [0, 0.05) is 0 Å². The van der Waals surface area contributed by atoms with Gasteiger partial charge in [-0.25, -0.2) is 0 Å². The minimum Gasteiger partial charge on any atom is -0.0952 e. The summed E-state index contributed by atoms with van der Waals surface area (Å²) in [6.45, 7) is 5.65. The number of benzene rings is 1. The van der Waals surface area contributed by atoms with E-state index in [0.29, 0.717) is 0 Å². The van der Waals surface area contributed by atoms with Crippen LogP contribution >= 0.6 is 0 Å². The fourth-order valence-corrected chi connectivity index (χ4v) is 0.966. The van der Waals surface area contributed by atoms with E-state index >= 15 is 0 Å². The second-order valence-electron chi connectivity index (χ2n) is 2.42. The topological polar surface area (TPSA) is 0 Å². The molecule has 1 rings (SSSR count). The molecule has 0 unspecified atom stereocenters. The second-order valence-corrected chi connectivity index (χ2v) is 2.42. The van der Waals surface area contributed by atoms with Crippen molar-refractivity contribution in [3.63, 3.8) is 0 Å². The molecule has 51 valence electrons. The SMILES string of the molecule is C=[C]Cc1cccc(C)c1. The van der Waals surface area contributed by atoms with Gasteiger partial charge in [0.1, 0.15) is 0 Å². The van der Waals surface area contributed by atoms with Gasteiger partial charge in [0.25, 0.3) is 0 Å². The minimum absolute atomic E-state index is 0.849. The number of aryl methyl sites for hydroxylation is 1. The maximum atomic E-state index is 3.56. The summed E-state index contributed by atoms with van der Waals surface area (Å²) in [5.74, 6) is 0. The fraction of sp³-hybridized carbons (Fsp3) is 0.200. The summed E-state index contributed by atoms with van der Waals surface area (Å²) in [5.41, 5.74) is 2.59. The zero-order chi connectivity index (χ0) is 7.40. The zero-order valence-electron chi connectivity index (χ0n) is 6.22. The maximum Gasteiger partial charge on any atom is -0.00289 e. The van der Waals surface area contributed by atoms with Crippen LogP contribution in [0.15, 0.2) is 30.8 Å². The molecule has 0 aromatic heterocycles. The summed E-state index contributed by atoms with van der Waals surface area (Å²) in [7, 11) is 0. The highest BCUT2D eigenvalue weighted by Gasteiger charge is 1.87. The fourth-order valence-electron chi connectivity index (χ4n) is 0.966. The highest BCUT2D eigenvalue weighted by atomic mass is 13.9. The summed E-state index contributed by atoms with van der Waals surface area (Å²) in [6, 6.07) is 8.39. The smallest absolute Gasteiger partial charge is 0.00289 e. The molecule has 10 heavy (non-hydrogen) atoms. The van der Waals surface area contributed by atoms with Gasteiger partial charge in [0.2, 0.25) is 0 Å². The Balaban J connectivity index is 2.84. The molecule has 0 heteroatoms. The summed E-state index contributed by atoms with van der Waals surface area (Å²) in [6.07, 6.45) is 3.71. The second kappa shape index (κ2) is 3.21. The van der Waals surface area contributed by atoms with Crippen LogP contribution in [0.25, 0.3) is 0 Å². The Morgan fingerprint density at radius 3 is 2.90 bits per heavy atom. The molecule has 0 amide bonds. The zero-order valence-corrected chi connectivity index (χ0v) is 6.22. The maximum absolute atomic E-state index is 3.56. The first-order valence-electron chi connectivity index (χ1n) is 3.38. The summed E-state index contributed by atoms with van der Waals surface area (Å²) in [5, 5.41) is 0. The molecule has 1 aromatic carbocycles. The van der Waals surface area contributed by atoms with Gasteiger partial charge in [-0.2, -0.15) is 0 Å². The number of hydrogen-bond acceptors (Lipinski definition) is 0. The van der Waals surface area contributed by atoms with Crippen molar-refractivity contribution in [3.8, 4) is 0 Å². The minimum atomic E-state index is 0.849. The van der Waals surface area contributed by atoms with Crippen molar-refractivity contribution in [2.45, 2.75) is 13.3 Å². The molecule has 0 aliphatic heterocycles. The number of hydrogen-bond donors (Lipinski definition) is 0. The molecular formula is C10H11. The van der Waals surface area contributed by atoms with Gasteiger partial charge >= 0.3 is 0 Å². The van der Waals surface area contributed by atoms with E-state index in [1.165, 1.54) is 11.1 Å². The molecule has 0 fully saturated rings. The van der Waals surface area contributed by atoms with Crippen LogP contribution in [0.5, 0.6) is 0 Å². The number of rotatable bonds is 2. The van der Waals surface area contributed by atoms with Gasteiger partial charge in [-0.3, -0.25) is 0 Å². The van der Waals surface area contributed by atoms with Crippen LogP contribution in [-0.4, -0.2) is 0 Å². The van der Waals surface area contributed by atoms with E-state index in [1.54, 1.807) is 0 Å². The van der Waals surface area contributed by atoms with E-state index in [1.807, 2.05) is 0 Å². The Labute approximate surface area is 62.2 Å². The molecule has 0 aliphatic carbocycles. The lowest BCUT2D eigenvalue weighted by Crippen LogP contribution is -1.80. The van der Waals surface area contributed by atoms with Crippen LogP contribution in [-0.2, 0) is 6.42 Å². The standard InChI is InChI=1S/C10H11/c1-3-5-10-7-4-6-9(2)8-10/h4,6-8H,1,5H2,2H3. The van der Waals surface area contributed by atoms with Gasteiger partial charge in [0.05, 0.1) is 0 Å². The van der Waals surface area contributed by atoms with E-state index in [0.717, 1.165) is 6.42 Å². The van der Waals surface area contributed by atoms with Gasteiger partial charge in [-0.05, 0) is 25.0 Å². The van der Waals surface area contributed by atoms with Crippen LogP contribution in [0.1, 0.15) is 11.1 Å². The van der Waals surface area contributed by atoms with Crippen LogP contribution in [0.3, 0.4) is 0 Å². The predicted octanol–water partition coefficient (Wildman–Crippen LogP) is 2.53. The van der Waals surface area contributed by atoms with Gasteiger partial charge in [-0.1, -0.05) is 36.4 Å². The van der Waals surface area contributed by atoms with E-state index in [4.69, 9.17) is 0 Å². The van der Waals surface area contributed by atoms with E-state index in [9.17, 15) is 0 Å². The van der Waals surface area contributed by atoms with Gasteiger partial charge in [0.15, 0.2) is 0 Å². The van der Waals surface area contributed by atoms with Crippen LogP contribution < -0.4 is 0 Å². The lowest BCUT2D eigenvalue weighted by atomic mass is 10.1. The molecule has 1 radical (unpaired) electrons. The first-order chi connectivity index (χ1) is 4.83. The van der Waals surface area contributed by atoms with E-state index < -0.39 is 0 Å². The Bertz CT molecular complexity index is 223. The molecule has 0 nitrogen and oxygen atoms in total. The molecule has 0 spiro atoms. The first kappa shape index (κ1) is 7.07. The van der Waals surface area contributed by atoms with Crippen LogP contribution in [0.4, 0.5) is 0 Å². The average molecular weight is 131 g/mol. The Hall–Kier alpha value is -1.04. The molecule has 0 aliphatic rings. The summed E-state index contributed by atoms with van der Waals surface area (Å²) in [4.78, 5) is 0. The van der Waals surface area contributed by atoms with Gasteiger partial charge in [-0.15, -0.1) is 0 Å². The normalized spacial score (nSPS) is 9.30. The molecule has 0 bridgehead atoms. The quantitative estimate of drug-likeness (QED) is 0.578. The third-order valence-corrected chi connectivity index (χ3v) is 1.41. The van der Waals surface area contributed by atoms with Crippen molar-refractivity contribution in [2.75, 3.05) is 0 Å². The van der Waals surface area contributed by atoms with E-state index in [-0.39, 0.29) is 0 Å². The van der Waals surface area contributed by atoms with Gasteiger partial charge < -0.3 is 0 Å². The molecular weight excluding hydrogens is 120 g/mol. The van der Waals surface area contributed by atoms with Crippen molar-refractivity contribution in [1.82, 2.24) is 0 Å². The monoisotopic (exact) mass is 131 g/mol. The third-order valence-electron chi connectivity index (χ3n) is 1.41. The molecule has 0 saturated carbocycles. The van der Waals surface area contributed by atoms with Crippen molar-refractivity contribution < 1.29 is 0 Å². The van der Waals surface area contributed by atoms with E-state index in [2.05, 4.69) is 43.8 Å². The van der Waals surface area contributed by atoms with Crippen molar-refractivity contribution in [1.29, 1.82) is 0 Å². The lowest BCUT2D eigenvalue weighted by molar-refractivity contribution is 1.22. The Morgan fingerprint density at radius 2 is 2.30 bits per heavy atom. The Kier molecular flexibility index (Phi) is 2.27. The van der Waals surface area contributed by atoms with Crippen molar-refractivity contribution in [3.05, 3.63) is 48.0 Å². The molecule has 0 heterocycles. The third kappa shape index (κ3) is 1.73. The summed E-state index contributed by atoms with van der Waals surface area (Å²) >= 11 is 0. The van der Waals surface area contributed by atoms with Crippen molar-refractivity contribution >= 4 is 0 Å². The molecule has 0 saturated heterocycles. The summed E-state index contributed by atoms with van der Waals surface area (Å²) < 4.78 is 0. The Morgan fingerprint density at radius 1 is 1.50 bits per heavy atom. The first-order valence-corrected chi connectivity index (χ1v) is 3.38. The lowest BCUT2D eigenvalue weighted by Gasteiger charge is -1.95. The van der Waals surface area contributed by atoms with Crippen LogP contribution in [0.2, 0.25) is 0 Å². The van der Waals surface area contributed by atoms with Crippen LogP contribution in [0, 0.1) is 13.0 Å². The molecule has 0 N–H and O–H groups in total. The predicted molar refractivity (Wildman–Crippen MR) is 43.8 cm³/mol. The highest BCUT2D eigenvalue weighted by molar-refractivity contribution is 5.22. The van der Waals surface area contributed by atoms with Crippen molar-refractivity contribution in [2.24, 2.45) is 0 Å².